The third kappa shape index (κ3) is 3.47. The molecule has 1 aromatic carbocycles. The molecule has 1 saturated heterocycles. The first-order valence-corrected chi connectivity index (χ1v) is 7.18. The van der Waals surface area contributed by atoms with Gasteiger partial charge in [-0.1, -0.05) is 17.7 Å². The first-order valence-electron chi connectivity index (χ1n) is 7.18. The van der Waals surface area contributed by atoms with Crippen molar-refractivity contribution in [2.75, 3.05) is 26.2 Å². The van der Waals surface area contributed by atoms with Gasteiger partial charge in [0.2, 0.25) is 11.8 Å². The zero-order valence-corrected chi connectivity index (χ0v) is 12.2. The molecule has 6 nitrogen and oxygen atoms in total. The normalized spacial score (nSPS) is 19.8. The summed E-state index contributed by atoms with van der Waals surface area (Å²) in [6.45, 7) is 5.58. The zero-order valence-electron chi connectivity index (χ0n) is 12.2. The molecule has 0 radical (unpaired) electrons. The number of nitrogens with zero attached hydrogens (tertiary/aromatic N) is 3. The first kappa shape index (κ1) is 14.2. The van der Waals surface area contributed by atoms with Gasteiger partial charge >= 0.3 is 0 Å². The molecule has 1 atom stereocenters. The number of benzene rings is 1. The molecule has 2 N–H and O–H groups in total. The van der Waals surface area contributed by atoms with Crippen LogP contribution in [0.5, 0.6) is 0 Å². The van der Waals surface area contributed by atoms with E-state index < -0.39 is 0 Å². The Kier molecular flexibility index (Phi) is 4.28. The Morgan fingerprint density at radius 3 is 2.86 bits per heavy atom. The van der Waals surface area contributed by atoms with Crippen LogP contribution in [-0.2, 0) is 11.3 Å². The number of ether oxygens (including phenoxy) is 1. The van der Waals surface area contributed by atoms with Crippen molar-refractivity contribution in [2.24, 2.45) is 5.73 Å². The summed E-state index contributed by atoms with van der Waals surface area (Å²) in [5, 5.41) is 8.25. The van der Waals surface area contributed by atoms with Crippen LogP contribution in [0.2, 0.25) is 0 Å². The lowest BCUT2D eigenvalue weighted by atomic mass is 10.1. The van der Waals surface area contributed by atoms with E-state index in [9.17, 15) is 0 Å². The number of morpholine rings is 1. The van der Waals surface area contributed by atoms with Gasteiger partial charge in [-0.15, -0.1) is 10.2 Å². The fraction of sp³-hybridized carbons (Fsp3) is 0.467. The van der Waals surface area contributed by atoms with Crippen LogP contribution in [0.25, 0.3) is 11.5 Å². The maximum absolute atomic E-state index is 5.75. The van der Waals surface area contributed by atoms with Gasteiger partial charge in [0.25, 0.3) is 0 Å². The van der Waals surface area contributed by atoms with Crippen LogP contribution >= 0.6 is 0 Å². The molecule has 1 fully saturated rings. The van der Waals surface area contributed by atoms with E-state index >= 15 is 0 Å². The second kappa shape index (κ2) is 6.34. The molecule has 0 amide bonds. The minimum atomic E-state index is 0.0956. The summed E-state index contributed by atoms with van der Waals surface area (Å²) < 4.78 is 11.3. The van der Waals surface area contributed by atoms with Gasteiger partial charge in [0.15, 0.2) is 0 Å². The lowest BCUT2D eigenvalue weighted by Gasteiger charge is -2.31. The summed E-state index contributed by atoms with van der Waals surface area (Å²) in [5.41, 5.74) is 7.80. The number of nitrogens with two attached hydrogens (primary N) is 1. The van der Waals surface area contributed by atoms with Gasteiger partial charge in [0.1, 0.15) is 0 Å². The third-order valence-corrected chi connectivity index (χ3v) is 3.61. The second-order valence-electron chi connectivity index (χ2n) is 5.33. The Bertz CT molecular complexity index is 582. The molecule has 1 aromatic heterocycles. The SMILES string of the molecule is Cc1ccc(-c2nnc(CN3CCOC(CN)C3)o2)cc1. The molecule has 0 bridgehead atoms. The number of hydrogen-bond donors (Lipinski definition) is 1. The molecule has 2 aromatic rings. The van der Waals surface area contributed by atoms with Gasteiger partial charge in [0, 0.05) is 25.2 Å². The first-order chi connectivity index (χ1) is 10.2. The molecule has 0 spiro atoms. The van der Waals surface area contributed by atoms with E-state index in [2.05, 4.69) is 22.0 Å². The zero-order chi connectivity index (χ0) is 14.7. The molecular formula is C15H20N4O2. The Morgan fingerprint density at radius 2 is 2.10 bits per heavy atom. The minimum absolute atomic E-state index is 0.0956. The Balaban J connectivity index is 1.66. The summed E-state index contributed by atoms with van der Waals surface area (Å²) in [6, 6.07) is 8.05. The standard InChI is InChI=1S/C15H20N4O2/c1-11-2-4-12(5-3-11)15-18-17-14(21-15)10-19-6-7-20-13(8-16)9-19/h2-5,13H,6-10,16H2,1H3. The highest BCUT2D eigenvalue weighted by Gasteiger charge is 2.21. The molecule has 0 saturated carbocycles. The van der Waals surface area contributed by atoms with Crippen LogP contribution in [0, 0.1) is 6.92 Å². The smallest absolute Gasteiger partial charge is 0.247 e. The van der Waals surface area contributed by atoms with Crippen LogP contribution < -0.4 is 5.73 Å². The van der Waals surface area contributed by atoms with Crippen molar-refractivity contribution in [1.29, 1.82) is 0 Å². The monoisotopic (exact) mass is 288 g/mol. The second-order valence-corrected chi connectivity index (χ2v) is 5.33. The maximum Gasteiger partial charge on any atom is 0.247 e. The lowest BCUT2D eigenvalue weighted by molar-refractivity contribution is -0.0283. The summed E-state index contributed by atoms with van der Waals surface area (Å²) in [6.07, 6.45) is 0.0956. The van der Waals surface area contributed by atoms with E-state index in [1.54, 1.807) is 0 Å². The van der Waals surface area contributed by atoms with Gasteiger partial charge in [0.05, 0.1) is 19.3 Å². The third-order valence-electron chi connectivity index (χ3n) is 3.61. The van der Waals surface area contributed by atoms with Gasteiger partial charge < -0.3 is 14.9 Å². The van der Waals surface area contributed by atoms with E-state index in [4.69, 9.17) is 14.9 Å². The Morgan fingerprint density at radius 1 is 1.29 bits per heavy atom. The van der Waals surface area contributed by atoms with E-state index in [0.717, 1.165) is 18.7 Å². The molecule has 6 heteroatoms. The molecule has 1 aliphatic rings. The lowest BCUT2D eigenvalue weighted by Crippen LogP contribution is -2.45. The largest absolute Gasteiger partial charge is 0.419 e. The quantitative estimate of drug-likeness (QED) is 0.911. The number of hydrogen-bond acceptors (Lipinski definition) is 6. The predicted octanol–water partition coefficient (Wildman–Crippen LogP) is 1.20. The van der Waals surface area contributed by atoms with Crippen molar-refractivity contribution in [3.8, 4) is 11.5 Å². The van der Waals surface area contributed by atoms with E-state index in [0.29, 0.717) is 31.5 Å². The maximum atomic E-state index is 5.75. The number of aryl methyl sites for hydroxylation is 1. The average Bonchev–Trinajstić information content (AvgIpc) is 2.96. The highest BCUT2D eigenvalue weighted by Crippen LogP contribution is 2.19. The van der Waals surface area contributed by atoms with Gasteiger partial charge in [-0.3, -0.25) is 4.90 Å². The van der Waals surface area contributed by atoms with E-state index in [-0.39, 0.29) is 6.10 Å². The van der Waals surface area contributed by atoms with E-state index in [1.807, 2.05) is 24.3 Å². The molecule has 3 rings (SSSR count). The van der Waals surface area contributed by atoms with Crippen molar-refractivity contribution in [3.05, 3.63) is 35.7 Å². The van der Waals surface area contributed by atoms with Crippen molar-refractivity contribution < 1.29 is 9.15 Å². The van der Waals surface area contributed by atoms with Crippen LogP contribution in [0.1, 0.15) is 11.5 Å². The van der Waals surface area contributed by atoms with Crippen molar-refractivity contribution in [3.63, 3.8) is 0 Å². The van der Waals surface area contributed by atoms with Gasteiger partial charge in [-0.25, -0.2) is 0 Å². The molecule has 112 valence electrons. The minimum Gasteiger partial charge on any atom is -0.419 e. The summed E-state index contributed by atoms with van der Waals surface area (Å²) >= 11 is 0. The van der Waals surface area contributed by atoms with Gasteiger partial charge in [-0.2, -0.15) is 0 Å². The van der Waals surface area contributed by atoms with Crippen LogP contribution in [0.3, 0.4) is 0 Å². The number of aromatic nitrogens is 2. The van der Waals surface area contributed by atoms with Crippen molar-refractivity contribution in [1.82, 2.24) is 15.1 Å². The van der Waals surface area contributed by atoms with E-state index in [1.165, 1.54) is 5.56 Å². The summed E-state index contributed by atoms with van der Waals surface area (Å²) in [7, 11) is 0. The van der Waals surface area contributed by atoms with Crippen molar-refractivity contribution in [2.45, 2.75) is 19.6 Å². The highest BCUT2D eigenvalue weighted by molar-refractivity contribution is 5.52. The molecule has 1 aliphatic heterocycles. The highest BCUT2D eigenvalue weighted by atomic mass is 16.5. The molecule has 0 aliphatic carbocycles. The summed E-state index contributed by atoms with van der Waals surface area (Å²) in [5.74, 6) is 1.19. The summed E-state index contributed by atoms with van der Waals surface area (Å²) in [4.78, 5) is 2.23. The predicted molar refractivity (Wildman–Crippen MR) is 78.5 cm³/mol. The van der Waals surface area contributed by atoms with Crippen molar-refractivity contribution >= 4 is 0 Å². The molecular weight excluding hydrogens is 268 g/mol. The molecule has 2 heterocycles. The average molecular weight is 288 g/mol. The fourth-order valence-electron chi connectivity index (χ4n) is 2.39. The Labute approximate surface area is 123 Å². The topological polar surface area (TPSA) is 77.4 Å². The van der Waals surface area contributed by atoms with Crippen LogP contribution in [0.4, 0.5) is 0 Å². The molecule has 21 heavy (non-hydrogen) atoms. The Hall–Kier alpha value is -1.76. The fourth-order valence-corrected chi connectivity index (χ4v) is 2.39. The number of rotatable bonds is 4. The van der Waals surface area contributed by atoms with Crippen LogP contribution in [-0.4, -0.2) is 47.4 Å². The van der Waals surface area contributed by atoms with Crippen LogP contribution in [0.15, 0.2) is 28.7 Å². The molecule has 1 unspecified atom stereocenters. The van der Waals surface area contributed by atoms with Gasteiger partial charge in [-0.05, 0) is 19.1 Å².